The highest BCUT2D eigenvalue weighted by molar-refractivity contribution is 14.1. The molecule has 0 fully saturated rings. The van der Waals surface area contributed by atoms with Crippen molar-refractivity contribution in [2.75, 3.05) is 0 Å². The summed E-state index contributed by atoms with van der Waals surface area (Å²) in [6.45, 7) is 2.94. The normalized spacial score (nSPS) is 12.7. The molecule has 1 aromatic carbocycles. The molecule has 1 atom stereocenters. The molecule has 3 nitrogen and oxygen atoms in total. The van der Waals surface area contributed by atoms with E-state index in [9.17, 15) is 0 Å². The Labute approximate surface area is 125 Å². The standard InChI is InChI=1S/C13H15ClIN3/c1-2-7-18-13(10(14)8-17-18)12(16)9-5-3-4-6-11(9)15/h3-6,8,12H,2,7,16H2,1H3. The highest BCUT2D eigenvalue weighted by Crippen LogP contribution is 2.29. The Bertz CT molecular complexity index is 539. The van der Waals surface area contributed by atoms with Crippen molar-refractivity contribution in [1.82, 2.24) is 9.78 Å². The van der Waals surface area contributed by atoms with E-state index in [1.807, 2.05) is 28.9 Å². The van der Waals surface area contributed by atoms with Crippen LogP contribution in [0, 0.1) is 3.57 Å². The Morgan fingerprint density at radius 1 is 1.44 bits per heavy atom. The fraction of sp³-hybridized carbons (Fsp3) is 0.308. The monoisotopic (exact) mass is 375 g/mol. The lowest BCUT2D eigenvalue weighted by Gasteiger charge is -2.16. The second-order valence-corrected chi connectivity index (χ2v) is 5.67. The van der Waals surface area contributed by atoms with Crippen molar-refractivity contribution >= 4 is 34.2 Å². The van der Waals surface area contributed by atoms with E-state index in [0.29, 0.717) is 5.02 Å². The van der Waals surface area contributed by atoms with Crippen LogP contribution in [0.1, 0.15) is 30.6 Å². The molecule has 1 heterocycles. The Hall–Kier alpha value is -0.590. The first-order chi connectivity index (χ1) is 8.65. The van der Waals surface area contributed by atoms with Crippen molar-refractivity contribution in [1.29, 1.82) is 0 Å². The molecule has 0 saturated carbocycles. The maximum atomic E-state index is 6.34. The third kappa shape index (κ3) is 2.70. The van der Waals surface area contributed by atoms with Crippen LogP contribution in [0.25, 0.3) is 0 Å². The van der Waals surface area contributed by atoms with E-state index in [0.717, 1.165) is 27.8 Å². The van der Waals surface area contributed by atoms with E-state index in [1.165, 1.54) is 0 Å². The summed E-state index contributed by atoms with van der Waals surface area (Å²) >= 11 is 8.50. The lowest BCUT2D eigenvalue weighted by Crippen LogP contribution is -2.19. The highest BCUT2D eigenvalue weighted by Gasteiger charge is 2.19. The predicted octanol–water partition coefficient (Wildman–Crippen LogP) is 3.60. The zero-order chi connectivity index (χ0) is 13.1. The first kappa shape index (κ1) is 13.8. The predicted molar refractivity (Wildman–Crippen MR) is 82.7 cm³/mol. The van der Waals surface area contributed by atoms with Crippen molar-refractivity contribution in [2.24, 2.45) is 5.73 Å². The number of rotatable bonds is 4. The molecule has 0 spiro atoms. The topological polar surface area (TPSA) is 43.8 Å². The van der Waals surface area contributed by atoms with E-state index < -0.39 is 0 Å². The lowest BCUT2D eigenvalue weighted by atomic mass is 10.0. The number of aryl methyl sites for hydroxylation is 1. The molecule has 1 unspecified atom stereocenters. The van der Waals surface area contributed by atoms with Crippen LogP contribution in [0.2, 0.25) is 5.02 Å². The van der Waals surface area contributed by atoms with Crippen molar-refractivity contribution < 1.29 is 0 Å². The first-order valence-electron chi connectivity index (χ1n) is 5.86. The number of nitrogens with two attached hydrogens (primary N) is 1. The molecule has 0 aliphatic rings. The average molecular weight is 376 g/mol. The van der Waals surface area contributed by atoms with Crippen molar-refractivity contribution in [3.8, 4) is 0 Å². The molecule has 1 aromatic heterocycles. The molecule has 0 saturated heterocycles. The van der Waals surface area contributed by atoms with Gasteiger partial charge in [0.25, 0.3) is 0 Å². The number of benzene rings is 1. The largest absolute Gasteiger partial charge is 0.319 e. The van der Waals surface area contributed by atoms with Crippen LogP contribution >= 0.6 is 34.2 Å². The van der Waals surface area contributed by atoms with Gasteiger partial charge in [0, 0.05) is 10.1 Å². The molecule has 5 heteroatoms. The molecule has 0 amide bonds. The summed E-state index contributed by atoms with van der Waals surface area (Å²) in [4.78, 5) is 0. The Morgan fingerprint density at radius 3 is 2.83 bits per heavy atom. The molecule has 2 N–H and O–H groups in total. The van der Waals surface area contributed by atoms with Gasteiger partial charge in [0.15, 0.2) is 0 Å². The van der Waals surface area contributed by atoms with Crippen molar-refractivity contribution in [2.45, 2.75) is 25.9 Å². The van der Waals surface area contributed by atoms with E-state index in [2.05, 4.69) is 34.6 Å². The molecule has 2 aromatic rings. The molecular weight excluding hydrogens is 361 g/mol. The van der Waals surface area contributed by atoms with Crippen LogP contribution in [-0.2, 0) is 6.54 Å². The van der Waals surface area contributed by atoms with Gasteiger partial charge in [-0.15, -0.1) is 0 Å². The quantitative estimate of drug-likeness (QED) is 0.830. The third-order valence-electron chi connectivity index (χ3n) is 2.80. The summed E-state index contributed by atoms with van der Waals surface area (Å²) in [5.74, 6) is 0. The van der Waals surface area contributed by atoms with Crippen LogP contribution in [0.4, 0.5) is 0 Å². The third-order valence-corrected chi connectivity index (χ3v) is 4.08. The van der Waals surface area contributed by atoms with Gasteiger partial charge in [-0.1, -0.05) is 36.7 Å². The summed E-state index contributed by atoms with van der Waals surface area (Å²) in [7, 11) is 0. The fourth-order valence-corrected chi connectivity index (χ4v) is 2.93. The smallest absolute Gasteiger partial charge is 0.0837 e. The highest BCUT2D eigenvalue weighted by atomic mass is 127. The van der Waals surface area contributed by atoms with E-state index >= 15 is 0 Å². The van der Waals surface area contributed by atoms with Crippen molar-refractivity contribution in [3.05, 3.63) is 50.3 Å². The van der Waals surface area contributed by atoms with Crippen LogP contribution < -0.4 is 5.73 Å². The van der Waals surface area contributed by atoms with Crippen LogP contribution in [0.3, 0.4) is 0 Å². The van der Waals surface area contributed by atoms with Crippen LogP contribution in [0.5, 0.6) is 0 Å². The SMILES string of the molecule is CCCn1ncc(Cl)c1C(N)c1ccccc1I. The van der Waals surface area contributed by atoms with Crippen molar-refractivity contribution in [3.63, 3.8) is 0 Å². The average Bonchev–Trinajstić information content (AvgIpc) is 2.71. The number of halogens is 2. The van der Waals surface area contributed by atoms with Gasteiger partial charge in [0.05, 0.1) is 23.0 Å². The zero-order valence-corrected chi connectivity index (χ0v) is 13.0. The zero-order valence-electron chi connectivity index (χ0n) is 10.1. The number of nitrogens with zero attached hydrogens (tertiary/aromatic N) is 2. The summed E-state index contributed by atoms with van der Waals surface area (Å²) in [6.07, 6.45) is 2.67. The Morgan fingerprint density at radius 2 is 2.17 bits per heavy atom. The molecule has 0 aliphatic carbocycles. The number of hydrogen-bond acceptors (Lipinski definition) is 2. The van der Waals surface area contributed by atoms with Gasteiger partial charge in [-0.3, -0.25) is 4.68 Å². The minimum absolute atomic E-state index is 0.236. The fourth-order valence-electron chi connectivity index (χ4n) is 1.95. The van der Waals surface area contributed by atoms with Gasteiger partial charge in [-0.25, -0.2) is 0 Å². The van der Waals surface area contributed by atoms with Crippen LogP contribution in [-0.4, -0.2) is 9.78 Å². The minimum Gasteiger partial charge on any atom is -0.319 e. The maximum Gasteiger partial charge on any atom is 0.0837 e. The molecule has 18 heavy (non-hydrogen) atoms. The van der Waals surface area contributed by atoms with E-state index in [4.69, 9.17) is 17.3 Å². The summed E-state index contributed by atoms with van der Waals surface area (Å²) < 4.78 is 3.04. The molecule has 0 aliphatic heterocycles. The molecule has 0 radical (unpaired) electrons. The maximum absolute atomic E-state index is 6.34. The van der Waals surface area contributed by atoms with Gasteiger partial charge in [0.1, 0.15) is 0 Å². The second-order valence-electron chi connectivity index (χ2n) is 4.10. The first-order valence-corrected chi connectivity index (χ1v) is 7.32. The lowest BCUT2D eigenvalue weighted by molar-refractivity contribution is 0.559. The van der Waals surface area contributed by atoms with E-state index in [1.54, 1.807) is 6.20 Å². The molecule has 0 bridgehead atoms. The number of hydrogen-bond donors (Lipinski definition) is 1. The molecule has 2 rings (SSSR count). The summed E-state index contributed by atoms with van der Waals surface area (Å²) in [6, 6.07) is 7.84. The van der Waals surface area contributed by atoms with Gasteiger partial charge in [-0.2, -0.15) is 5.10 Å². The van der Waals surface area contributed by atoms with Gasteiger partial charge in [0.2, 0.25) is 0 Å². The Balaban J connectivity index is 2.42. The second kappa shape index (κ2) is 6.04. The minimum atomic E-state index is -0.236. The van der Waals surface area contributed by atoms with Gasteiger partial charge >= 0.3 is 0 Å². The van der Waals surface area contributed by atoms with Gasteiger partial charge in [-0.05, 0) is 40.6 Å². The summed E-state index contributed by atoms with van der Waals surface area (Å²) in [5.41, 5.74) is 8.32. The Kier molecular flexibility index (Phi) is 4.64. The molecule has 96 valence electrons. The van der Waals surface area contributed by atoms with E-state index in [-0.39, 0.29) is 6.04 Å². The summed E-state index contributed by atoms with van der Waals surface area (Å²) in [5, 5.41) is 4.92. The number of aromatic nitrogens is 2. The van der Waals surface area contributed by atoms with Gasteiger partial charge < -0.3 is 5.73 Å². The molecular formula is C13H15ClIN3. The van der Waals surface area contributed by atoms with Crippen LogP contribution in [0.15, 0.2) is 30.5 Å².